The van der Waals surface area contributed by atoms with Crippen molar-refractivity contribution >= 4 is 0 Å². The minimum Gasteiger partial charge on any atom is -0.269 e. The van der Waals surface area contributed by atoms with Crippen molar-refractivity contribution in [3.05, 3.63) is 23.3 Å². The van der Waals surface area contributed by atoms with Gasteiger partial charge in [0.15, 0.2) is 0 Å². The van der Waals surface area contributed by atoms with Gasteiger partial charge in [0.2, 0.25) is 0 Å². The van der Waals surface area contributed by atoms with Crippen LogP contribution in [-0.4, -0.2) is 0 Å². The summed E-state index contributed by atoms with van der Waals surface area (Å²) in [5.74, 6) is 0. The Morgan fingerprint density at radius 3 is 2.56 bits per heavy atom. The summed E-state index contributed by atoms with van der Waals surface area (Å²) < 4.78 is 0. The van der Waals surface area contributed by atoms with E-state index >= 15 is 0 Å². The van der Waals surface area contributed by atoms with Crippen LogP contribution in [0.1, 0.15) is 26.7 Å². The Morgan fingerprint density at radius 2 is 2.33 bits per heavy atom. The van der Waals surface area contributed by atoms with E-state index in [2.05, 4.69) is 26.0 Å². The van der Waals surface area contributed by atoms with Gasteiger partial charge >= 0.3 is 0 Å². The molecule has 0 N–H and O–H groups in total. The van der Waals surface area contributed by atoms with Crippen molar-refractivity contribution in [1.29, 1.82) is 0 Å². The molecule has 0 aromatic heterocycles. The molecule has 0 radical (unpaired) electrons. The summed E-state index contributed by atoms with van der Waals surface area (Å²) in [5, 5.41) is 0. The average molecular weight is 155 g/mol. The van der Waals surface area contributed by atoms with E-state index in [0.717, 1.165) is 6.42 Å². The van der Waals surface area contributed by atoms with Gasteiger partial charge in [-0.25, -0.2) is 11.6 Å². The van der Waals surface area contributed by atoms with E-state index in [-0.39, 0.29) is 21.7 Å². The van der Waals surface area contributed by atoms with Crippen molar-refractivity contribution in [2.24, 2.45) is 0 Å². The maximum absolute atomic E-state index is 3.24. The normalized spacial score (nSPS) is 16.2. The van der Waals surface area contributed by atoms with Gasteiger partial charge in [-0.05, 0) is 0 Å². The SMILES string of the molecule is CCC1=CC(C)=[C-]C1.[Ti]. The summed E-state index contributed by atoms with van der Waals surface area (Å²) in [6, 6.07) is 0. The molecule has 0 atom stereocenters. The molecule has 0 heterocycles. The van der Waals surface area contributed by atoms with Crippen LogP contribution in [0.3, 0.4) is 0 Å². The molecular formula is C8H11Ti-. The van der Waals surface area contributed by atoms with Crippen LogP contribution in [-0.2, 0) is 21.7 Å². The Labute approximate surface area is 71.9 Å². The zero-order valence-electron chi connectivity index (χ0n) is 5.99. The van der Waals surface area contributed by atoms with Gasteiger partial charge in [-0.3, -0.25) is 6.08 Å². The second kappa shape index (κ2) is 4.08. The molecule has 0 saturated carbocycles. The molecule has 48 valence electrons. The second-order valence-corrected chi connectivity index (χ2v) is 2.19. The minimum atomic E-state index is 0. The first-order chi connectivity index (χ1) is 3.83. The van der Waals surface area contributed by atoms with E-state index in [1.807, 2.05) is 0 Å². The van der Waals surface area contributed by atoms with Crippen molar-refractivity contribution in [1.82, 2.24) is 0 Å². The first kappa shape index (κ1) is 9.19. The molecule has 0 unspecified atom stereocenters. The van der Waals surface area contributed by atoms with Gasteiger partial charge < -0.3 is 0 Å². The third-order valence-electron chi connectivity index (χ3n) is 1.47. The Kier molecular flexibility index (Phi) is 4.17. The molecule has 0 saturated heterocycles. The summed E-state index contributed by atoms with van der Waals surface area (Å²) in [7, 11) is 0. The first-order valence-corrected chi connectivity index (χ1v) is 3.10. The van der Waals surface area contributed by atoms with Gasteiger partial charge in [-0.1, -0.05) is 20.3 Å². The molecule has 9 heavy (non-hydrogen) atoms. The van der Waals surface area contributed by atoms with Crippen molar-refractivity contribution < 1.29 is 21.7 Å². The first-order valence-electron chi connectivity index (χ1n) is 3.10. The van der Waals surface area contributed by atoms with Gasteiger partial charge in [-0.15, -0.1) is 6.42 Å². The van der Waals surface area contributed by atoms with Crippen LogP contribution in [0.15, 0.2) is 17.2 Å². The molecule has 0 amide bonds. The number of rotatable bonds is 1. The van der Waals surface area contributed by atoms with Crippen molar-refractivity contribution in [2.45, 2.75) is 26.7 Å². The maximum atomic E-state index is 3.24. The smallest absolute Gasteiger partial charge is 0 e. The molecule has 1 heteroatoms. The van der Waals surface area contributed by atoms with Crippen molar-refractivity contribution in [3.63, 3.8) is 0 Å². The Bertz CT molecular complexity index is 143. The van der Waals surface area contributed by atoms with Gasteiger partial charge in [0.25, 0.3) is 0 Å². The van der Waals surface area contributed by atoms with Crippen LogP contribution in [0.5, 0.6) is 0 Å². The molecule has 0 fully saturated rings. The predicted molar refractivity (Wildman–Crippen MR) is 35.4 cm³/mol. The van der Waals surface area contributed by atoms with E-state index < -0.39 is 0 Å². The molecule has 0 aromatic rings. The second-order valence-electron chi connectivity index (χ2n) is 2.19. The molecule has 1 rings (SSSR count). The zero-order chi connectivity index (χ0) is 5.98. The summed E-state index contributed by atoms with van der Waals surface area (Å²) in [4.78, 5) is 0. The summed E-state index contributed by atoms with van der Waals surface area (Å²) >= 11 is 0. The number of hydrogen-bond acceptors (Lipinski definition) is 0. The van der Waals surface area contributed by atoms with E-state index in [1.54, 1.807) is 0 Å². The van der Waals surface area contributed by atoms with Crippen molar-refractivity contribution in [3.8, 4) is 0 Å². The molecule has 0 nitrogen and oxygen atoms in total. The molecule has 0 bridgehead atoms. The topological polar surface area (TPSA) is 0 Å². The summed E-state index contributed by atoms with van der Waals surface area (Å²) in [6.45, 7) is 4.29. The zero-order valence-corrected chi connectivity index (χ0v) is 7.55. The van der Waals surface area contributed by atoms with E-state index in [1.165, 1.54) is 17.6 Å². The van der Waals surface area contributed by atoms with Crippen LogP contribution in [0.2, 0.25) is 0 Å². The fourth-order valence-corrected chi connectivity index (χ4v) is 0.888. The average Bonchev–Trinajstić information content (AvgIpc) is 2.14. The van der Waals surface area contributed by atoms with Gasteiger partial charge in [0.1, 0.15) is 0 Å². The van der Waals surface area contributed by atoms with E-state index in [0.29, 0.717) is 0 Å². The summed E-state index contributed by atoms with van der Waals surface area (Å²) in [6.07, 6.45) is 7.72. The fraction of sp³-hybridized carbons (Fsp3) is 0.500. The van der Waals surface area contributed by atoms with Gasteiger partial charge in [0, 0.05) is 21.7 Å². The van der Waals surface area contributed by atoms with E-state index in [9.17, 15) is 0 Å². The Balaban J connectivity index is 0.000000640. The quantitative estimate of drug-likeness (QED) is 0.403. The Hall–Kier alpha value is 0.194. The van der Waals surface area contributed by atoms with E-state index in [4.69, 9.17) is 0 Å². The predicted octanol–water partition coefficient (Wildman–Crippen LogP) is 2.47. The fourth-order valence-electron chi connectivity index (χ4n) is 0.888. The van der Waals surface area contributed by atoms with Crippen LogP contribution in [0.25, 0.3) is 0 Å². The standard InChI is InChI=1S/C8H11.Ti/c1-3-8-5-4-7(2)6-8;/h6H,3,5H2,1-2H3;/q-1;. The molecule has 1 aliphatic carbocycles. The van der Waals surface area contributed by atoms with Crippen LogP contribution < -0.4 is 0 Å². The third-order valence-corrected chi connectivity index (χ3v) is 1.47. The summed E-state index contributed by atoms with van der Waals surface area (Å²) in [5.41, 5.74) is 2.82. The molecule has 0 aliphatic heterocycles. The van der Waals surface area contributed by atoms with Gasteiger partial charge in [0.05, 0.1) is 0 Å². The largest absolute Gasteiger partial charge is 0.269 e. The molecule has 1 aliphatic rings. The maximum Gasteiger partial charge on any atom is 0 e. The monoisotopic (exact) mass is 155 g/mol. The van der Waals surface area contributed by atoms with Crippen LogP contribution >= 0.6 is 0 Å². The van der Waals surface area contributed by atoms with Crippen molar-refractivity contribution in [2.75, 3.05) is 0 Å². The van der Waals surface area contributed by atoms with Crippen LogP contribution in [0.4, 0.5) is 0 Å². The molecular weight excluding hydrogens is 144 g/mol. The third kappa shape index (κ3) is 2.51. The van der Waals surface area contributed by atoms with Crippen LogP contribution in [0, 0.1) is 6.08 Å². The number of allylic oxidation sites excluding steroid dienone is 4. The number of hydrogen-bond donors (Lipinski definition) is 0. The Morgan fingerprint density at radius 1 is 1.67 bits per heavy atom. The molecule has 0 aromatic carbocycles. The molecule has 0 spiro atoms. The van der Waals surface area contributed by atoms with Gasteiger partial charge in [-0.2, -0.15) is 5.57 Å². The minimum absolute atomic E-state index is 0.